The molecule has 168 valence electrons. The van der Waals surface area contributed by atoms with E-state index in [1.54, 1.807) is 0 Å². The number of carbonyl (C=O) groups is 1. The highest BCUT2D eigenvalue weighted by molar-refractivity contribution is 6.31. The van der Waals surface area contributed by atoms with Crippen molar-refractivity contribution in [2.75, 3.05) is 13.7 Å². The van der Waals surface area contributed by atoms with Crippen LogP contribution in [-0.4, -0.2) is 42.1 Å². The first-order valence-electron chi connectivity index (χ1n) is 9.69. The lowest BCUT2D eigenvalue weighted by atomic mass is 10.0. The average molecular weight is 458 g/mol. The van der Waals surface area contributed by atoms with E-state index in [1.807, 2.05) is 0 Å². The van der Waals surface area contributed by atoms with Gasteiger partial charge < -0.3 is 19.3 Å². The Hall–Kier alpha value is -2.65. The van der Waals surface area contributed by atoms with Crippen molar-refractivity contribution in [3.05, 3.63) is 45.8 Å². The van der Waals surface area contributed by atoms with Gasteiger partial charge in [-0.05, 0) is 37.5 Å². The van der Waals surface area contributed by atoms with E-state index in [0.717, 1.165) is 23.5 Å². The first-order valence-corrected chi connectivity index (χ1v) is 10.1. The van der Waals surface area contributed by atoms with Crippen LogP contribution in [0.2, 0.25) is 5.02 Å². The van der Waals surface area contributed by atoms with E-state index in [2.05, 4.69) is 4.74 Å². The summed E-state index contributed by atoms with van der Waals surface area (Å²) in [6.45, 7) is -2.53. The van der Waals surface area contributed by atoms with E-state index in [0.29, 0.717) is 13.0 Å². The van der Waals surface area contributed by atoms with Gasteiger partial charge in [0, 0.05) is 35.2 Å². The first kappa shape index (κ1) is 23.0. The number of hydrogen-bond donors (Lipinski definition) is 1. The molecule has 1 aromatic carbocycles. The van der Waals surface area contributed by atoms with Gasteiger partial charge in [0.2, 0.25) is 0 Å². The van der Waals surface area contributed by atoms with Gasteiger partial charge in [0.25, 0.3) is 5.56 Å². The topological polar surface area (TPSA) is 87.0 Å². The van der Waals surface area contributed by atoms with Crippen molar-refractivity contribution in [1.82, 2.24) is 4.57 Å². The molecule has 1 fully saturated rings. The number of carboxylic acid groups (broad SMARTS) is 1. The van der Waals surface area contributed by atoms with Crippen molar-refractivity contribution < 1.29 is 32.9 Å². The van der Waals surface area contributed by atoms with E-state index in [4.69, 9.17) is 21.1 Å². The van der Waals surface area contributed by atoms with Gasteiger partial charge in [-0.15, -0.1) is 0 Å². The molecule has 10 heteroatoms. The lowest BCUT2D eigenvalue weighted by Gasteiger charge is -2.26. The molecule has 31 heavy (non-hydrogen) atoms. The first-order chi connectivity index (χ1) is 14.8. The highest BCUT2D eigenvalue weighted by Crippen LogP contribution is 2.38. The number of methoxy groups -OCH3 is 1. The van der Waals surface area contributed by atoms with Gasteiger partial charge in [-0.25, -0.2) is 4.79 Å². The van der Waals surface area contributed by atoms with E-state index in [1.165, 1.54) is 31.5 Å². The van der Waals surface area contributed by atoms with Crippen LogP contribution in [0.5, 0.6) is 11.5 Å². The van der Waals surface area contributed by atoms with Crippen LogP contribution in [0, 0.1) is 0 Å². The number of halogens is 3. The Morgan fingerprint density at radius 2 is 2.03 bits per heavy atom. The van der Waals surface area contributed by atoms with Crippen molar-refractivity contribution >= 4 is 17.6 Å². The van der Waals surface area contributed by atoms with Crippen molar-refractivity contribution in [1.29, 1.82) is 0 Å². The zero-order valence-corrected chi connectivity index (χ0v) is 17.5. The summed E-state index contributed by atoms with van der Waals surface area (Å²) in [5, 5.41) is 9.97. The van der Waals surface area contributed by atoms with Gasteiger partial charge in [0.05, 0.1) is 19.4 Å². The molecule has 0 bridgehead atoms. The summed E-state index contributed by atoms with van der Waals surface area (Å²) < 4.78 is 42.2. The summed E-state index contributed by atoms with van der Waals surface area (Å²) in [5.41, 5.74) is -0.363. The van der Waals surface area contributed by atoms with E-state index in [9.17, 15) is 23.5 Å². The maximum atomic E-state index is 12.9. The van der Waals surface area contributed by atoms with Crippen molar-refractivity contribution in [3.8, 4) is 22.6 Å². The molecular weight excluding hydrogens is 436 g/mol. The minimum absolute atomic E-state index is 0.108. The molecular formula is C21H22ClF2NO6. The number of pyridine rings is 1. The highest BCUT2D eigenvalue weighted by Gasteiger charge is 2.28. The smallest absolute Gasteiger partial charge is 0.387 e. The standard InChI is InChI=1S/C21H22ClF2NO6/c1-29-18-11-25(16(20(27)28)9-13-4-2-3-7-30-13)19(26)10-15(18)14-8-12(22)5-6-17(14)31-21(23)24/h5-6,8,10-11,13,16,21H,2-4,7,9H2,1H3,(H,27,28)/t13-,16?/m0/s1. The number of rotatable bonds is 8. The SMILES string of the molecule is COc1cn(C(C[C@@H]2CCCCO2)C(=O)O)c(=O)cc1-c1cc(Cl)ccc1OC(F)F. The molecule has 0 aliphatic carbocycles. The second kappa shape index (κ2) is 10.1. The van der Waals surface area contributed by atoms with E-state index in [-0.39, 0.29) is 40.2 Å². The Morgan fingerprint density at radius 1 is 1.29 bits per heavy atom. The number of aliphatic carboxylic acids is 1. The molecule has 2 atom stereocenters. The molecule has 7 nitrogen and oxygen atoms in total. The molecule has 1 saturated heterocycles. The summed E-state index contributed by atoms with van der Waals surface area (Å²) in [7, 11) is 1.33. The van der Waals surface area contributed by atoms with Gasteiger partial charge in [0.1, 0.15) is 17.5 Å². The Balaban J connectivity index is 2.05. The van der Waals surface area contributed by atoms with Crippen molar-refractivity contribution in [2.45, 2.75) is 44.4 Å². The van der Waals surface area contributed by atoms with Gasteiger partial charge in [-0.3, -0.25) is 9.36 Å². The summed E-state index contributed by atoms with van der Waals surface area (Å²) >= 11 is 6.01. The number of carboxylic acids is 1. The molecule has 0 saturated carbocycles. The fraction of sp³-hybridized carbons (Fsp3) is 0.429. The number of aromatic nitrogens is 1. The maximum Gasteiger partial charge on any atom is 0.387 e. The van der Waals surface area contributed by atoms with Gasteiger partial charge in [0.15, 0.2) is 0 Å². The fourth-order valence-electron chi connectivity index (χ4n) is 3.63. The van der Waals surface area contributed by atoms with Crippen LogP contribution in [0.15, 0.2) is 35.3 Å². The molecule has 2 heterocycles. The van der Waals surface area contributed by atoms with Crippen LogP contribution >= 0.6 is 11.6 Å². The number of alkyl halides is 2. The molecule has 2 aromatic rings. The summed E-state index contributed by atoms with van der Waals surface area (Å²) in [6.07, 6.45) is 3.66. The van der Waals surface area contributed by atoms with Gasteiger partial charge in [-0.1, -0.05) is 11.6 Å². The predicted octanol–water partition coefficient (Wildman–Crippen LogP) is 4.36. The number of nitrogens with zero attached hydrogens (tertiary/aromatic N) is 1. The zero-order valence-electron chi connectivity index (χ0n) is 16.7. The van der Waals surface area contributed by atoms with Gasteiger partial charge in [-0.2, -0.15) is 8.78 Å². The summed E-state index contributed by atoms with van der Waals surface area (Å²) in [6, 6.07) is 3.96. The lowest BCUT2D eigenvalue weighted by molar-refractivity contribution is -0.142. The quantitative estimate of drug-likeness (QED) is 0.633. The fourth-order valence-corrected chi connectivity index (χ4v) is 3.80. The van der Waals surface area contributed by atoms with Crippen LogP contribution in [0.25, 0.3) is 11.1 Å². The van der Waals surface area contributed by atoms with Crippen LogP contribution in [0.1, 0.15) is 31.7 Å². The van der Waals surface area contributed by atoms with E-state index < -0.39 is 24.2 Å². The minimum Gasteiger partial charge on any atom is -0.495 e. The molecule has 1 aromatic heterocycles. The molecule has 1 unspecified atom stereocenters. The average Bonchev–Trinajstić information content (AvgIpc) is 2.73. The Morgan fingerprint density at radius 3 is 2.65 bits per heavy atom. The number of benzene rings is 1. The molecule has 1 aliphatic heterocycles. The molecule has 0 radical (unpaired) electrons. The lowest BCUT2D eigenvalue weighted by Crippen LogP contribution is -2.33. The highest BCUT2D eigenvalue weighted by atomic mass is 35.5. The summed E-state index contributed by atoms with van der Waals surface area (Å²) in [5.74, 6) is -1.27. The van der Waals surface area contributed by atoms with Crippen LogP contribution < -0.4 is 15.0 Å². The van der Waals surface area contributed by atoms with Crippen LogP contribution in [0.4, 0.5) is 8.78 Å². The second-order valence-corrected chi connectivity index (χ2v) is 7.53. The van der Waals surface area contributed by atoms with Crippen molar-refractivity contribution in [2.24, 2.45) is 0 Å². The molecule has 1 aliphatic rings. The van der Waals surface area contributed by atoms with E-state index >= 15 is 0 Å². The minimum atomic E-state index is -3.09. The van der Waals surface area contributed by atoms with Crippen LogP contribution in [0.3, 0.4) is 0 Å². The number of ether oxygens (including phenoxy) is 3. The summed E-state index contributed by atoms with van der Waals surface area (Å²) in [4.78, 5) is 24.8. The Kier molecular flexibility index (Phi) is 7.50. The molecule has 3 rings (SSSR count). The zero-order chi connectivity index (χ0) is 22.5. The Bertz CT molecular complexity index is 990. The van der Waals surface area contributed by atoms with Crippen LogP contribution in [-0.2, 0) is 9.53 Å². The Labute approximate surface area is 182 Å². The number of hydrogen-bond acceptors (Lipinski definition) is 5. The molecule has 0 amide bonds. The second-order valence-electron chi connectivity index (χ2n) is 7.10. The third-order valence-corrected chi connectivity index (χ3v) is 5.33. The van der Waals surface area contributed by atoms with Gasteiger partial charge >= 0.3 is 12.6 Å². The maximum absolute atomic E-state index is 12.9. The third-order valence-electron chi connectivity index (χ3n) is 5.09. The predicted molar refractivity (Wildman–Crippen MR) is 109 cm³/mol. The largest absolute Gasteiger partial charge is 0.495 e. The van der Waals surface area contributed by atoms with Crippen molar-refractivity contribution in [3.63, 3.8) is 0 Å². The normalized spacial score (nSPS) is 17.4. The third kappa shape index (κ3) is 5.54. The molecule has 0 spiro atoms. The monoisotopic (exact) mass is 457 g/mol. The molecule has 1 N–H and O–H groups in total.